The van der Waals surface area contributed by atoms with E-state index in [1.165, 1.54) is 54.2 Å². The Balaban J connectivity index is 1.10. The summed E-state index contributed by atoms with van der Waals surface area (Å²) in [6.07, 6.45) is 0. The van der Waals surface area contributed by atoms with Crippen LogP contribution >= 0.6 is 0 Å². The van der Waals surface area contributed by atoms with Crippen LogP contribution in [0.4, 0.5) is 0 Å². The second-order valence-corrected chi connectivity index (χ2v) is 15.6. The highest BCUT2D eigenvalue weighted by Gasteiger charge is 2.20. The number of nitrogens with zero attached hydrogens (tertiary/aromatic N) is 4. The molecule has 0 aliphatic rings. The Morgan fingerprint density at radius 2 is 0.639 bits per heavy atom. The van der Waals surface area contributed by atoms with Crippen molar-refractivity contribution in [2.24, 2.45) is 0 Å². The average Bonchev–Trinajstić information content (AvgIpc) is 3.68. The smallest absolute Gasteiger partial charge is 0.164 e. The Bertz CT molecular complexity index is 3560. The Morgan fingerprint density at radius 3 is 1.20 bits per heavy atom. The van der Waals surface area contributed by atoms with Crippen molar-refractivity contribution < 1.29 is 0 Å². The maximum atomic E-state index is 5.03. The summed E-state index contributed by atoms with van der Waals surface area (Å²) in [6, 6.07) is 77.8. The lowest BCUT2D eigenvalue weighted by atomic mass is 9.90. The molecule has 284 valence electrons. The molecule has 0 aliphatic heterocycles. The lowest BCUT2D eigenvalue weighted by molar-refractivity contribution is 1.07. The van der Waals surface area contributed by atoms with Gasteiger partial charge >= 0.3 is 0 Å². The van der Waals surface area contributed by atoms with Gasteiger partial charge in [0.2, 0.25) is 0 Å². The fourth-order valence-electron chi connectivity index (χ4n) is 9.13. The molecule has 10 aromatic carbocycles. The van der Waals surface area contributed by atoms with Crippen molar-refractivity contribution in [3.8, 4) is 62.1 Å². The van der Waals surface area contributed by atoms with E-state index in [9.17, 15) is 0 Å². The van der Waals surface area contributed by atoms with E-state index in [1.54, 1.807) is 0 Å². The molecule has 12 aromatic rings. The minimum atomic E-state index is 0.632. The predicted octanol–water partition coefficient (Wildman–Crippen LogP) is 14.8. The van der Waals surface area contributed by atoms with Crippen molar-refractivity contribution in [2.45, 2.75) is 0 Å². The van der Waals surface area contributed by atoms with E-state index in [1.807, 2.05) is 60.7 Å². The SMILES string of the molecule is c1ccc(-c2ccc3c(c2)c2ccccc2n3-c2cc3c4ccccc4c4ccccc4c3cc2-c2ccc(-c3nc(-c4ccccc4)nc(-c4ccccc4)n3)cc2)cc1. The van der Waals surface area contributed by atoms with Gasteiger partial charge in [0.05, 0.1) is 16.7 Å². The fourth-order valence-corrected chi connectivity index (χ4v) is 9.13. The number of para-hydroxylation sites is 1. The zero-order valence-corrected chi connectivity index (χ0v) is 33.1. The number of fused-ring (bicyclic) bond motifs is 9. The van der Waals surface area contributed by atoms with Gasteiger partial charge in [-0.15, -0.1) is 0 Å². The van der Waals surface area contributed by atoms with E-state index >= 15 is 0 Å². The summed E-state index contributed by atoms with van der Waals surface area (Å²) >= 11 is 0. The van der Waals surface area contributed by atoms with Crippen molar-refractivity contribution in [1.82, 2.24) is 19.5 Å². The molecule has 0 saturated carbocycles. The van der Waals surface area contributed by atoms with Gasteiger partial charge in [0.25, 0.3) is 0 Å². The number of aromatic nitrogens is 4. The molecule has 0 fully saturated rings. The maximum Gasteiger partial charge on any atom is 0.164 e. The van der Waals surface area contributed by atoms with Crippen LogP contribution < -0.4 is 0 Å². The normalized spacial score (nSPS) is 11.6. The van der Waals surface area contributed by atoms with Crippen molar-refractivity contribution in [1.29, 1.82) is 0 Å². The predicted molar refractivity (Wildman–Crippen MR) is 254 cm³/mol. The van der Waals surface area contributed by atoms with Gasteiger partial charge in [-0.05, 0) is 79.3 Å². The van der Waals surface area contributed by atoms with Crippen molar-refractivity contribution in [2.75, 3.05) is 0 Å². The molecule has 61 heavy (non-hydrogen) atoms. The third kappa shape index (κ3) is 5.88. The molecule has 0 atom stereocenters. The Kier molecular flexibility index (Phi) is 8.13. The molecule has 0 radical (unpaired) electrons. The molecule has 0 aliphatic carbocycles. The third-order valence-electron chi connectivity index (χ3n) is 12.0. The summed E-state index contributed by atoms with van der Waals surface area (Å²) in [5, 5.41) is 9.88. The van der Waals surface area contributed by atoms with Crippen LogP contribution in [0.15, 0.2) is 218 Å². The van der Waals surface area contributed by atoms with Crippen LogP contribution in [0.25, 0.3) is 116 Å². The zero-order chi connectivity index (χ0) is 40.3. The number of rotatable bonds is 6. The van der Waals surface area contributed by atoms with Crippen LogP contribution in [0.3, 0.4) is 0 Å². The largest absolute Gasteiger partial charge is 0.309 e. The highest BCUT2D eigenvalue weighted by molar-refractivity contribution is 6.26. The van der Waals surface area contributed by atoms with Crippen LogP contribution in [0, 0.1) is 0 Å². The molecule has 0 bridgehead atoms. The standard InChI is InChI=1S/C57H36N4/c1-4-16-37(17-5-1)42-32-33-53-51(34-42)47-26-14-15-27-52(47)61(53)54-36-50-46-25-13-11-23-44(46)43-22-10-12-24-45(43)49(50)35-48(54)38-28-30-41(31-29-38)57-59-55(39-18-6-2-7-19-39)58-56(60-57)40-20-8-3-9-21-40/h1-36H. The van der Waals surface area contributed by atoms with Crippen molar-refractivity contribution in [3.63, 3.8) is 0 Å². The monoisotopic (exact) mass is 776 g/mol. The van der Waals surface area contributed by atoms with Gasteiger partial charge < -0.3 is 4.57 Å². The summed E-state index contributed by atoms with van der Waals surface area (Å²) in [6.45, 7) is 0. The molecule has 0 saturated heterocycles. The van der Waals surface area contributed by atoms with Crippen LogP contribution in [0.5, 0.6) is 0 Å². The van der Waals surface area contributed by atoms with E-state index in [2.05, 4.69) is 162 Å². The highest BCUT2D eigenvalue weighted by Crippen LogP contribution is 2.43. The minimum Gasteiger partial charge on any atom is -0.309 e. The summed E-state index contributed by atoms with van der Waals surface area (Å²) in [5.74, 6) is 1.92. The van der Waals surface area contributed by atoms with Gasteiger partial charge in [0.15, 0.2) is 17.5 Å². The first-order chi connectivity index (χ1) is 30.2. The third-order valence-corrected chi connectivity index (χ3v) is 12.0. The summed E-state index contributed by atoms with van der Waals surface area (Å²) in [5.41, 5.74) is 10.9. The summed E-state index contributed by atoms with van der Waals surface area (Å²) in [7, 11) is 0. The molecule has 0 spiro atoms. The van der Waals surface area contributed by atoms with Gasteiger partial charge in [-0.2, -0.15) is 0 Å². The van der Waals surface area contributed by atoms with E-state index in [-0.39, 0.29) is 0 Å². The zero-order valence-electron chi connectivity index (χ0n) is 33.1. The van der Waals surface area contributed by atoms with Crippen LogP contribution in [0.1, 0.15) is 0 Å². The van der Waals surface area contributed by atoms with Crippen molar-refractivity contribution in [3.05, 3.63) is 218 Å². The first-order valence-corrected chi connectivity index (χ1v) is 20.7. The summed E-state index contributed by atoms with van der Waals surface area (Å²) < 4.78 is 2.47. The van der Waals surface area contributed by atoms with Gasteiger partial charge in [-0.3, -0.25) is 0 Å². The first kappa shape index (κ1) is 34.8. The number of hydrogen-bond acceptors (Lipinski definition) is 3. The Morgan fingerprint density at radius 1 is 0.246 bits per heavy atom. The van der Waals surface area contributed by atoms with Crippen LogP contribution in [-0.4, -0.2) is 19.5 Å². The molecule has 0 N–H and O–H groups in total. The molecule has 0 amide bonds. The molecule has 2 aromatic heterocycles. The van der Waals surface area contributed by atoms with Gasteiger partial charge in [-0.1, -0.05) is 188 Å². The minimum absolute atomic E-state index is 0.632. The second kappa shape index (κ2) is 14.3. The first-order valence-electron chi connectivity index (χ1n) is 20.7. The molecule has 2 heterocycles. The Labute approximate surface area is 352 Å². The van der Waals surface area contributed by atoms with E-state index in [0.29, 0.717) is 17.5 Å². The maximum absolute atomic E-state index is 5.03. The fraction of sp³-hybridized carbons (Fsp3) is 0. The molecule has 0 unspecified atom stereocenters. The lowest BCUT2D eigenvalue weighted by Gasteiger charge is -2.19. The number of benzene rings is 10. The van der Waals surface area contributed by atoms with Gasteiger partial charge in [-0.25, -0.2) is 15.0 Å². The van der Waals surface area contributed by atoms with E-state index in [0.717, 1.165) is 44.5 Å². The Hall–Kier alpha value is -8.21. The molecule has 4 nitrogen and oxygen atoms in total. The molecule has 4 heteroatoms. The average molecular weight is 777 g/mol. The number of hydrogen-bond donors (Lipinski definition) is 0. The summed E-state index contributed by atoms with van der Waals surface area (Å²) in [4.78, 5) is 15.0. The van der Waals surface area contributed by atoms with Crippen LogP contribution in [-0.2, 0) is 0 Å². The van der Waals surface area contributed by atoms with E-state index in [4.69, 9.17) is 15.0 Å². The van der Waals surface area contributed by atoms with E-state index < -0.39 is 0 Å². The quantitative estimate of drug-likeness (QED) is 0.158. The molecular weight excluding hydrogens is 741 g/mol. The van der Waals surface area contributed by atoms with Gasteiger partial charge in [0.1, 0.15) is 0 Å². The van der Waals surface area contributed by atoms with Gasteiger partial charge in [0, 0.05) is 33.0 Å². The topological polar surface area (TPSA) is 43.6 Å². The van der Waals surface area contributed by atoms with Crippen molar-refractivity contribution >= 4 is 54.1 Å². The molecule has 12 rings (SSSR count). The highest BCUT2D eigenvalue weighted by atomic mass is 15.0. The molecular formula is C57H36N4. The lowest BCUT2D eigenvalue weighted by Crippen LogP contribution is -2.00. The van der Waals surface area contributed by atoms with Crippen LogP contribution in [0.2, 0.25) is 0 Å². The second-order valence-electron chi connectivity index (χ2n) is 15.6.